The van der Waals surface area contributed by atoms with Crippen LogP contribution in [0.3, 0.4) is 0 Å². The average molecular weight is 783 g/mol. The molecule has 6 aromatic carbocycles. The normalized spacial score (nSPS) is 18.5. The molecule has 276 valence electrons. The molecule has 10 N–H and O–H groups in total. The number of aryl methyl sites for hydroxylation is 1. The van der Waals surface area contributed by atoms with E-state index in [2.05, 4.69) is 0 Å². The van der Waals surface area contributed by atoms with Crippen LogP contribution in [0.1, 0.15) is 5.56 Å². The molecule has 0 bridgehead atoms. The number of nitrogen functional groups attached to an aromatic ring is 5. The zero-order chi connectivity index (χ0) is 37.7. The van der Waals surface area contributed by atoms with E-state index in [4.69, 9.17) is 61.0 Å². The lowest BCUT2D eigenvalue weighted by Gasteiger charge is -2.43. The van der Waals surface area contributed by atoms with Gasteiger partial charge in [-0.05, 0) is 140 Å². The van der Waals surface area contributed by atoms with Crippen LogP contribution in [0.2, 0.25) is 0 Å². The first-order valence-corrected chi connectivity index (χ1v) is 20.3. The highest BCUT2D eigenvalue weighted by molar-refractivity contribution is 7.78. The predicted octanol–water partition coefficient (Wildman–Crippen LogP) is 9.53. The summed E-state index contributed by atoms with van der Waals surface area (Å²) in [5, 5.41) is 0. The fourth-order valence-electron chi connectivity index (χ4n) is 4.69. The Hall–Kier alpha value is -5.87. The van der Waals surface area contributed by atoms with Crippen molar-refractivity contribution in [1.29, 1.82) is 0 Å². The van der Waals surface area contributed by atoms with Crippen molar-refractivity contribution in [3.05, 3.63) is 151 Å². The highest BCUT2D eigenvalue weighted by atomic mass is 31.3. The van der Waals surface area contributed by atoms with Gasteiger partial charge in [0.15, 0.2) is 0 Å². The van der Waals surface area contributed by atoms with Gasteiger partial charge in [0.25, 0.3) is 0 Å². The zero-order valence-corrected chi connectivity index (χ0v) is 31.6. The molecular formula is C37H37N8O6P3. The number of nitrogens with zero attached hydrogens (tertiary/aromatic N) is 3. The first-order valence-electron chi connectivity index (χ1n) is 16.4. The minimum atomic E-state index is -3.93. The van der Waals surface area contributed by atoms with Crippen LogP contribution in [-0.4, -0.2) is 9.21 Å². The first kappa shape index (κ1) is 36.5. The smallest absolute Gasteiger partial charge is 0.440 e. The molecule has 0 aromatic heterocycles. The summed E-state index contributed by atoms with van der Waals surface area (Å²) in [7, 11) is -8.45. The molecule has 0 saturated carbocycles. The summed E-state index contributed by atoms with van der Waals surface area (Å²) >= 11 is 0. The van der Waals surface area contributed by atoms with E-state index < -0.39 is 24.6 Å². The molecule has 1 heterocycles. The van der Waals surface area contributed by atoms with Crippen LogP contribution in [0.25, 0.3) is 0 Å². The zero-order valence-electron chi connectivity index (χ0n) is 28.9. The molecule has 0 spiro atoms. The Morgan fingerprint density at radius 2 is 0.796 bits per heavy atom. The number of rotatable bonds is 12. The Labute approximate surface area is 315 Å². The van der Waals surface area contributed by atoms with Crippen LogP contribution >= 0.6 is 24.6 Å². The number of anilines is 5. The predicted molar refractivity (Wildman–Crippen MR) is 216 cm³/mol. The van der Waals surface area contributed by atoms with Crippen LogP contribution < -0.4 is 56.4 Å². The molecule has 0 saturated heterocycles. The third-order valence-corrected chi connectivity index (χ3v) is 14.3. The minimum absolute atomic E-state index is 0.378. The van der Waals surface area contributed by atoms with Crippen molar-refractivity contribution < 1.29 is 27.8 Å². The molecule has 0 radical (unpaired) electrons. The number of hydrogen-bond donors (Lipinski definition) is 5. The number of hydrogen-bond acceptors (Lipinski definition) is 14. The fourth-order valence-corrected chi connectivity index (χ4v) is 12.2. The van der Waals surface area contributed by atoms with Gasteiger partial charge in [-0.3, -0.25) is 0 Å². The van der Waals surface area contributed by atoms with Gasteiger partial charge >= 0.3 is 24.6 Å². The van der Waals surface area contributed by atoms with E-state index in [0.29, 0.717) is 62.9 Å². The summed E-state index contributed by atoms with van der Waals surface area (Å²) in [4.78, 5) is 13.4. The summed E-state index contributed by atoms with van der Waals surface area (Å²) in [6.07, 6.45) is 0. The Morgan fingerprint density at radius 1 is 0.444 bits per heavy atom. The second-order valence-electron chi connectivity index (χ2n) is 11.8. The molecule has 1 aliphatic heterocycles. The summed E-state index contributed by atoms with van der Waals surface area (Å²) in [5.41, 5.74) is 34.1. The lowest BCUT2D eigenvalue weighted by atomic mass is 10.2. The third kappa shape index (κ3) is 8.83. The minimum Gasteiger partial charge on any atom is -0.440 e. The van der Waals surface area contributed by atoms with E-state index in [1.54, 1.807) is 121 Å². The van der Waals surface area contributed by atoms with Gasteiger partial charge in [0.2, 0.25) is 0 Å². The van der Waals surface area contributed by atoms with Crippen LogP contribution in [0, 0.1) is 6.92 Å². The molecular weight excluding hydrogens is 745 g/mol. The Bertz CT molecular complexity index is 2170. The molecule has 6 aromatic rings. The SMILES string of the molecule is Cc1ccc(OP2(Oc3ccc(N)cc3)=NP(Oc3ccc(N)cc3)N(Oc3ccc(N)cc3)P(Oc3ccc(N)cc3)N2Oc2ccc(N)cc2)cc1. The quantitative estimate of drug-likeness (QED) is 0.0580. The Morgan fingerprint density at radius 3 is 1.24 bits per heavy atom. The van der Waals surface area contributed by atoms with Crippen LogP contribution in [-0.2, 0) is 0 Å². The molecule has 1 aliphatic rings. The molecule has 0 fully saturated rings. The van der Waals surface area contributed by atoms with Crippen LogP contribution in [0.4, 0.5) is 28.4 Å². The van der Waals surface area contributed by atoms with E-state index in [9.17, 15) is 0 Å². The first-order chi connectivity index (χ1) is 26.1. The van der Waals surface area contributed by atoms with Crippen molar-refractivity contribution >= 4 is 53.0 Å². The van der Waals surface area contributed by atoms with Crippen molar-refractivity contribution in [3.63, 3.8) is 0 Å². The van der Waals surface area contributed by atoms with E-state index >= 15 is 0 Å². The molecule has 7 rings (SSSR count). The maximum Gasteiger partial charge on any atom is 0.447 e. The van der Waals surface area contributed by atoms with Crippen molar-refractivity contribution in [2.75, 3.05) is 28.7 Å². The summed E-state index contributed by atoms with van der Waals surface area (Å²) < 4.78 is 35.6. The maximum absolute atomic E-state index is 6.93. The summed E-state index contributed by atoms with van der Waals surface area (Å²) in [5.74, 6) is 2.49. The summed E-state index contributed by atoms with van der Waals surface area (Å²) in [6, 6.07) is 41.9. The van der Waals surface area contributed by atoms with Gasteiger partial charge in [0.05, 0.1) is 0 Å². The fraction of sp³-hybridized carbons (Fsp3) is 0.0270. The average Bonchev–Trinajstić information content (AvgIpc) is 3.16. The van der Waals surface area contributed by atoms with Crippen molar-refractivity contribution in [3.8, 4) is 34.5 Å². The van der Waals surface area contributed by atoms with Gasteiger partial charge in [-0.2, -0.15) is 0 Å². The standard InChI is InChI=1S/C37H37N8O6P3/c1-26-2-14-36(15-3-26)50-54(51-37-24-12-31(42)13-25-37)43-52(48-34-20-8-29(40)9-21-34)44(46-32-16-4-27(38)5-17-32)53(49-35-22-10-30(41)11-23-35)45(54)47-33-18-6-28(39)7-19-33/h2-25H,38-42H2,1H3. The lowest BCUT2D eigenvalue weighted by molar-refractivity contribution is 0.0546. The van der Waals surface area contributed by atoms with Gasteiger partial charge in [-0.25, -0.2) is 0 Å². The van der Waals surface area contributed by atoms with Gasteiger partial charge in [-0.15, -0.1) is 4.52 Å². The van der Waals surface area contributed by atoms with Gasteiger partial charge in [0.1, 0.15) is 34.5 Å². The third-order valence-electron chi connectivity index (χ3n) is 7.46. The van der Waals surface area contributed by atoms with Crippen molar-refractivity contribution in [1.82, 2.24) is 9.21 Å². The maximum atomic E-state index is 6.93. The van der Waals surface area contributed by atoms with Gasteiger partial charge < -0.3 is 56.4 Å². The highest BCUT2D eigenvalue weighted by Gasteiger charge is 2.58. The van der Waals surface area contributed by atoms with Crippen LogP contribution in [0.15, 0.2) is 150 Å². The highest BCUT2D eigenvalue weighted by Crippen LogP contribution is 2.77. The second-order valence-corrected chi connectivity index (χ2v) is 17.3. The molecule has 0 amide bonds. The lowest BCUT2D eigenvalue weighted by Crippen LogP contribution is -2.37. The van der Waals surface area contributed by atoms with E-state index in [0.717, 1.165) is 5.56 Å². The molecule has 3 atom stereocenters. The van der Waals surface area contributed by atoms with Gasteiger partial charge in [0, 0.05) is 37.6 Å². The topological polar surface area (TPSA) is 204 Å². The monoisotopic (exact) mass is 782 g/mol. The van der Waals surface area contributed by atoms with Gasteiger partial charge in [-0.1, -0.05) is 17.7 Å². The Kier molecular flexibility index (Phi) is 10.8. The largest absolute Gasteiger partial charge is 0.447 e. The number of benzene rings is 6. The molecule has 0 aliphatic carbocycles. The van der Waals surface area contributed by atoms with Crippen molar-refractivity contribution in [2.45, 2.75) is 6.92 Å². The molecule has 17 heteroatoms. The molecule has 54 heavy (non-hydrogen) atoms. The second kappa shape index (κ2) is 16.0. The Balaban J connectivity index is 1.48. The van der Waals surface area contributed by atoms with Crippen LogP contribution in [0.5, 0.6) is 34.5 Å². The van der Waals surface area contributed by atoms with E-state index in [1.165, 1.54) is 9.21 Å². The van der Waals surface area contributed by atoms with E-state index in [1.807, 2.05) is 31.2 Å². The molecule has 3 unspecified atom stereocenters. The van der Waals surface area contributed by atoms with Crippen molar-refractivity contribution in [2.24, 2.45) is 4.52 Å². The van der Waals surface area contributed by atoms with E-state index in [-0.39, 0.29) is 0 Å². The summed E-state index contributed by atoms with van der Waals surface area (Å²) in [6.45, 7) is 1.98. The number of nitrogens with two attached hydrogens (primary N) is 5. The molecule has 14 nitrogen and oxygen atoms in total.